The fourth-order valence-corrected chi connectivity index (χ4v) is 1.72. The van der Waals surface area contributed by atoms with Crippen LogP contribution in [0.4, 0.5) is 0 Å². The maximum atomic E-state index is 9.86. The van der Waals surface area contributed by atoms with Gasteiger partial charge in [-0.2, -0.15) is 0 Å². The molecule has 1 aliphatic carbocycles. The molecule has 0 radical (unpaired) electrons. The fraction of sp³-hybridized carbons (Fsp3) is 0.800. The molecular formula is C10H16O. The topological polar surface area (TPSA) is 20.2 Å². The van der Waals surface area contributed by atoms with E-state index in [1.165, 1.54) is 6.42 Å². The smallest absolute Gasteiger partial charge is 0.0756 e. The van der Waals surface area contributed by atoms with E-state index in [9.17, 15) is 5.11 Å². The first kappa shape index (κ1) is 8.62. The molecule has 62 valence electrons. The van der Waals surface area contributed by atoms with Crippen molar-refractivity contribution in [2.75, 3.05) is 0 Å². The lowest BCUT2D eigenvalue weighted by Gasteiger charge is -2.33. The van der Waals surface area contributed by atoms with Gasteiger partial charge >= 0.3 is 0 Å². The van der Waals surface area contributed by atoms with E-state index in [1.807, 2.05) is 13.8 Å². The van der Waals surface area contributed by atoms with Crippen LogP contribution < -0.4 is 0 Å². The molecular weight excluding hydrogens is 136 g/mol. The molecule has 1 heteroatoms. The molecule has 0 saturated heterocycles. The van der Waals surface area contributed by atoms with Crippen molar-refractivity contribution in [2.45, 2.75) is 45.1 Å². The number of aliphatic hydroxyl groups is 1. The molecule has 1 aliphatic rings. The SMILES string of the molecule is CC#C[C@H]1CCCC[C@]1(C)O. The maximum Gasteiger partial charge on any atom is 0.0756 e. The van der Waals surface area contributed by atoms with Gasteiger partial charge in [-0.25, -0.2) is 0 Å². The van der Waals surface area contributed by atoms with Crippen molar-refractivity contribution in [2.24, 2.45) is 5.92 Å². The van der Waals surface area contributed by atoms with Crippen LogP contribution in [0.25, 0.3) is 0 Å². The van der Waals surface area contributed by atoms with Crippen LogP contribution in [-0.2, 0) is 0 Å². The van der Waals surface area contributed by atoms with Gasteiger partial charge in [-0.3, -0.25) is 0 Å². The first-order valence-corrected chi connectivity index (χ1v) is 4.31. The summed E-state index contributed by atoms with van der Waals surface area (Å²) < 4.78 is 0. The summed E-state index contributed by atoms with van der Waals surface area (Å²) in [6.45, 7) is 3.74. The van der Waals surface area contributed by atoms with E-state index < -0.39 is 5.60 Å². The molecule has 0 spiro atoms. The summed E-state index contributed by atoms with van der Waals surface area (Å²) in [5.74, 6) is 6.17. The standard InChI is InChI=1S/C10H16O/c1-3-6-9-7-4-5-8-10(9,2)11/h9,11H,4-5,7-8H2,1-2H3/t9-,10-/m0/s1. The second-order valence-corrected chi connectivity index (χ2v) is 3.55. The molecule has 0 heterocycles. The summed E-state index contributed by atoms with van der Waals surface area (Å²) in [5.41, 5.74) is -0.527. The van der Waals surface area contributed by atoms with Gasteiger partial charge in [-0.1, -0.05) is 18.8 Å². The lowest BCUT2D eigenvalue weighted by molar-refractivity contribution is -0.00846. The lowest BCUT2D eigenvalue weighted by Crippen LogP contribution is -2.36. The first-order valence-electron chi connectivity index (χ1n) is 4.31. The molecule has 0 bridgehead atoms. The highest BCUT2D eigenvalue weighted by atomic mass is 16.3. The van der Waals surface area contributed by atoms with Crippen LogP contribution in [0.3, 0.4) is 0 Å². The van der Waals surface area contributed by atoms with E-state index >= 15 is 0 Å². The van der Waals surface area contributed by atoms with Gasteiger partial charge in [-0.15, -0.1) is 5.92 Å². The normalized spacial score (nSPS) is 37.5. The molecule has 0 unspecified atom stereocenters. The molecule has 0 aromatic rings. The molecule has 0 amide bonds. The van der Waals surface area contributed by atoms with Crippen molar-refractivity contribution in [3.05, 3.63) is 0 Å². The Bertz CT molecular complexity index is 183. The van der Waals surface area contributed by atoms with Crippen LogP contribution in [0.15, 0.2) is 0 Å². The van der Waals surface area contributed by atoms with Crippen molar-refractivity contribution < 1.29 is 5.11 Å². The lowest BCUT2D eigenvalue weighted by atomic mass is 9.77. The van der Waals surface area contributed by atoms with Gasteiger partial charge in [0.2, 0.25) is 0 Å². The van der Waals surface area contributed by atoms with E-state index in [0.717, 1.165) is 19.3 Å². The summed E-state index contributed by atoms with van der Waals surface area (Å²) in [4.78, 5) is 0. The monoisotopic (exact) mass is 152 g/mol. The van der Waals surface area contributed by atoms with Crippen molar-refractivity contribution in [3.63, 3.8) is 0 Å². The van der Waals surface area contributed by atoms with Gasteiger partial charge in [-0.05, 0) is 26.7 Å². The first-order chi connectivity index (χ1) is 5.17. The highest BCUT2D eigenvalue weighted by molar-refractivity contribution is 5.08. The van der Waals surface area contributed by atoms with E-state index in [2.05, 4.69) is 11.8 Å². The third-order valence-electron chi connectivity index (χ3n) is 2.49. The van der Waals surface area contributed by atoms with E-state index in [4.69, 9.17) is 0 Å². The van der Waals surface area contributed by atoms with Crippen LogP contribution >= 0.6 is 0 Å². The highest BCUT2D eigenvalue weighted by Gasteiger charge is 2.32. The Morgan fingerprint density at radius 1 is 1.45 bits per heavy atom. The Morgan fingerprint density at radius 3 is 2.73 bits per heavy atom. The summed E-state index contributed by atoms with van der Waals surface area (Å²) in [6, 6.07) is 0. The van der Waals surface area contributed by atoms with Gasteiger partial charge in [0.25, 0.3) is 0 Å². The molecule has 1 saturated carbocycles. The zero-order chi connectivity index (χ0) is 8.32. The summed E-state index contributed by atoms with van der Waals surface area (Å²) in [7, 11) is 0. The van der Waals surface area contributed by atoms with Gasteiger partial charge in [0, 0.05) is 5.92 Å². The quantitative estimate of drug-likeness (QED) is 0.526. The zero-order valence-electron chi connectivity index (χ0n) is 7.35. The van der Waals surface area contributed by atoms with Gasteiger partial charge in [0.15, 0.2) is 0 Å². The van der Waals surface area contributed by atoms with Crippen molar-refractivity contribution >= 4 is 0 Å². The predicted octanol–water partition coefficient (Wildman–Crippen LogP) is 1.95. The van der Waals surface area contributed by atoms with Gasteiger partial charge in [0.1, 0.15) is 0 Å². The Labute approximate surface area is 68.8 Å². The average Bonchev–Trinajstić information content (AvgIpc) is 1.94. The zero-order valence-corrected chi connectivity index (χ0v) is 7.35. The van der Waals surface area contributed by atoms with Gasteiger partial charge in [0.05, 0.1) is 5.60 Å². The largest absolute Gasteiger partial charge is 0.389 e. The van der Waals surface area contributed by atoms with E-state index in [1.54, 1.807) is 0 Å². The van der Waals surface area contributed by atoms with Crippen molar-refractivity contribution in [3.8, 4) is 11.8 Å². The predicted molar refractivity (Wildman–Crippen MR) is 46.0 cm³/mol. The van der Waals surface area contributed by atoms with Crippen LogP contribution in [0, 0.1) is 17.8 Å². The maximum absolute atomic E-state index is 9.86. The van der Waals surface area contributed by atoms with Crippen LogP contribution in [0.1, 0.15) is 39.5 Å². The minimum absolute atomic E-state index is 0.209. The summed E-state index contributed by atoms with van der Waals surface area (Å²) in [5, 5.41) is 9.86. The molecule has 1 fully saturated rings. The molecule has 0 aromatic carbocycles. The Kier molecular flexibility index (Phi) is 2.57. The molecule has 11 heavy (non-hydrogen) atoms. The Hall–Kier alpha value is -0.480. The minimum atomic E-state index is -0.527. The number of hydrogen-bond acceptors (Lipinski definition) is 1. The molecule has 1 rings (SSSR count). The molecule has 2 atom stereocenters. The minimum Gasteiger partial charge on any atom is -0.389 e. The molecule has 0 aromatic heterocycles. The Balaban J connectivity index is 2.64. The Morgan fingerprint density at radius 2 is 2.18 bits per heavy atom. The third-order valence-corrected chi connectivity index (χ3v) is 2.49. The fourth-order valence-electron chi connectivity index (χ4n) is 1.72. The molecule has 1 N–H and O–H groups in total. The van der Waals surface area contributed by atoms with Crippen LogP contribution in [0.2, 0.25) is 0 Å². The van der Waals surface area contributed by atoms with Crippen molar-refractivity contribution in [1.29, 1.82) is 0 Å². The summed E-state index contributed by atoms with van der Waals surface area (Å²) in [6.07, 6.45) is 4.34. The molecule has 1 nitrogen and oxygen atoms in total. The van der Waals surface area contributed by atoms with E-state index in [0.29, 0.717) is 0 Å². The van der Waals surface area contributed by atoms with Crippen LogP contribution in [-0.4, -0.2) is 10.7 Å². The highest BCUT2D eigenvalue weighted by Crippen LogP contribution is 2.32. The van der Waals surface area contributed by atoms with Gasteiger partial charge < -0.3 is 5.11 Å². The second-order valence-electron chi connectivity index (χ2n) is 3.55. The third kappa shape index (κ3) is 1.97. The number of rotatable bonds is 0. The van der Waals surface area contributed by atoms with E-state index in [-0.39, 0.29) is 5.92 Å². The average molecular weight is 152 g/mol. The molecule has 0 aliphatic heterocycles. The second kappa shape index (κ2) is 3.28. The van der Waals surface area contributed by atoms with Crippen LogP contribution in [0.5, 0.6) is 0 Å². The van der Waals surface area contributed by atoms with Crippen molar-refractivity contribution in [1.82, 2.24) is 0 Å². The summed E-state index contributed by atoms with van der Waals surface area (Å²) >= 11 is 0. The number of hydrogen-bond donors (Lipinski definition) is 1.